The van der Waals surface area contributed by atoms with E-state index in [4.69, 9.17) is 5.84 Å². The average molecular weight is 248 g/mol. The highest BCUT2D eigenvalue weighted by molar-refractivity contribution is 7.09. The largest absolute Gasteiger partial charge is 0.359 e. The minimum absolute atomic E-state index is 0.686. The first-order valence-electron chi connectivity index (χ1n) is 5.47. The van der Waals surface area contributed by atoms with Crippen molar-refractivity contribution in [1.29, 1.82) is 0 Å². The Balaban J connectivity index is 1.96. The fraction of sp³-hybridized carbons (Fsp3) is 0.250. The smallest absolute Gasteiger partial charge is 0.142 e. The van der Waals surface area contributed by atoms with Crippen LogP contribution in [0.4, 0.5) is 11.6 Å². The van der Waals surface area contributed by atoms with Crippen LogP contribution in [0.25, 0.3) is 0 Å². The van der Waals surface area contributed by atoms with Gasteiger partial charge >= 0.3 is 0 Å². The summed E-state index contributed by atoms with van der Waals surface area (Å²) in [6.07, 6.45) is 1.04. The minimum Gasteiger partial charge on any atom is -0.359 e. The lowest BCUT2D eigenvalue weighted by Crippen LogP contribution is -2.21. The fourth-order valence-electron chi connectivity index (χ4n) is 1.56. The van der Waals surface area contributed by atoms with Gasteiger partial charge in [0.15, 0.2) is 0 Å². The Kier molecular flexibility index (Phi) is 3.95. The quantitative estimate of drug-likeness (QED) is 0.628. The third-order valence-electron chi connectivity index (χ3n) is 2.55. The van der Waals surface area contributed by atoms with Gasteiger partial charge in [-0.25, -0.2) is 10.8 Å². The minimum atomic E-state index is 0.686. The first-order chi connectivity index (χ1) is 8.29. The van der Waals surface area contributed by atoms with Gasteiger partial charge in [0.05, 0.1) is 0 Å². The Morgan fingerprint density at radius 3 is 2.94 bits per heavy atom. The van der Waals surface area contributed by atoms with Crippen molar-refractivity contribution in [2.45, 2.75) is 6.42 Å². The molecule has 90 valence electrons. The second kappa shape index (κ2) is 5.65. The molecule has 0 amide bonds. The van der Waals surface area contributed by atoms with Crippen molar-refractivity contribution in [2.75, 3.05) is 23.9 Å². The highest BCUT2D eigenvalue weighted by Gasteiger charge is 2.03. The molecule has 2 aromatic rings. The number of nitrogen functional groups attached to an aromatic ring is 1. The van der Waals surface area contributed by atoms with Gasteiger partial charge in [-0.2, -0.15) is 0 Å². The van der Waals surface area contributed by atoms with E-state index in [9.17, 15) is 0 Å². The van der Waals surface area contributed by atoms with Crippen molar-refractivity contribution < 1.29 is 0 Å². The molecule has 3 N–H and O–H groups in total. The molecule has 0 aliphatic carbocycles. The van der Waals surface area contributed by atoms with E-state index in [0.29, 0.717) is 5.82 Å². The standard InChI is InChI=1S/C12H16N4S/c1-16(8-7-10-4-3-9-17-10)12-6-2-5-11(14-12)15-13/h2-6,9H,7-8,13H2,1H3,(H,14,15). The highest BCUT2D eigenvalue weighted by atomic mass is 32.1. The summed E-state index contributed by atoms with van der Waals surface area (Å²) in [6, 6.07) is 10.0. The third kappa shape index (κ3) is 3.18. The summed E-state index contributed by atoms with van der Waals surface area (Å²) < 4.78 is 0. The van der Waals surface area contributed by atoms with E-state index in [1.165, 1.54) is 4.88 Å². The molecule has 0 aromatic carbocycles. The van der Waals surface area contributed by atoms with E-state index in [2.05, 4.69) is 32.8 Å². The molecule has 0 aliphatic heterocycles. The predicted octanol–water partition coefficient (Wildman–Crippen LogP) is 2.11. The Morgan fingerprint density at radius 2 is 2.24 bits per heavy atom. The van der Waals surface area contributed by atoms with Crippen molar-refractivity contribution in [2.24, 2.45) is 5.84 Å². The summed E-state index contributed by atoms with van der Waals surface area (Å²) in [5, 5.41) is 2.10. The zero-order chi connectivity index (χ0) is 12.1. The van der Waals surface area contributed by atoms with Crippen molar-refractivity contribution in [1.82, 2.24) is 4.98 Å². The Bertz CT molecular complexity index is 455. The van der Waals surface area contributed by atoms with Gasteiger partial charge in [-0.05, 0) is 30.0 Å². The fourth-order valence-corrected chi connectivity index (χ4v) is 2.26. The van der Waals surface area contributed by atoms with E-state index in [0.717, 1.165) is 18.8 Å². The van der Waals surface area contributed by atoms with Gasteiger partial charge in [0.1, 0.15) is 11.6 Å². The van der Waals surface area contributed by atoms with Crippen LogP contribution in [0, 0.1) is 0 Å². The molecule has 0 fully saturated rings. The van der Waals surface area contributed by atoms with E-state index in [-0.39, 0.29) is 0 Å². The monoisotopic (exact) mass is 248 g/mol. The van der Waals surface area contributed by atoms with Crippen LogP contribution in [-0.4, -0.2) is 18.6 Å². The number of thiophene rings is 1. The number of likely N-dealkylation sites (N-methyl/N-ethyl adjacent to an activating group) is 1. The molecule has 0 bridgehead atoms. The molecule has 0 aliphatic rings. The molecule has 0 spiro atoms. The topological polar surface area (TPSA) is 54.2 Å². The lowest BCUT2D eigenvalue weighted by molar-refractivity contribution is 0.869. The Labute approximate surface area is 105 Å². The van der Waals surface area contributed by atoms with Crippen LogP contribution in [0.3, 0.4) is 0 Å². The first kappa shape index (κ1) is 11.9. The Hall–Kier alpha value is -1.59. The van der Waals surface area contributed by atoms with Crippen LogP contribution >= 0.6 is 11.3 Å². The highest BCUT2D eigenvalue weighted by Crippen LogP contribution is 2.14. The zero-order valence-corrected chi connectivity index (χ0v) is 10.6. The summed E-state index contributed by atoms with van der Waals surface area (Å²) in [4.78, 5) is 7.90. The van der Waals surface area contributed by atoms with Gasteiger partial charge in [-0.1, -0.05) is 12.1 Å². The molecular weight excluding hydrogens is 232 g/mol. The van der Waals surface area contributed by atoms with Crippen LogP contribution in [-0.2, 0) is 6.42 Å². The van der Waals surface area contributed by atoms with Crippen molar-refractivity contribution in [3.63, 3.8) is 0 Å². The molecule has 2 aromatic heterocycles. The van der Waals surface area contributed by atoms with E-state index in [1.54, 1.807) is 11.3 Å². The van der Waals surface area contributed by atoms with Crippen LogP contribution in [0.5, 0.6) is 0 Å². The second-order valence-electron chi connectivity index (χ2n) is 3.78. The molecule has 0 saturated carbocycles. The molecule has 0 unspecified atom stereocenters. The number of nitrogens with one attached hydrogen (secondary N) is 1. The molecule has 17 heavy (non-hydrogen) atoms. The Morgan fingerprint density at radius 1 is 1.35 bits per heavy atom. The van der Waals surface area contributed by atoms with E-state index in [1.807, 2.05) is 25.2 Å². The average Bonchev–Trinajstić information content (AvgIpc) is 2.89. The molecule has 0 radical (unpaired) electrons. The molecule has 0 atom stereocenters. The third-order valence-corrected chi connectivity index (χ3v) is 3.48. The van der Waals surface area contributed by atoms with Gasteiger partial charge < -0.3 is 10.3 Å². The number of nitrogens with two attached hydrogens (primary N) is 1. The van der Waals surface area contributed by atoms with Crippen molar-refractivity contribution >= 4 is 23.0 Å². The SMILES string of the molecule is CN(CCc1cccs1)c1cccc(NN)n1. The number of hydrazine groups is 1. The maximum atomic E-state index is 5.34. The maximum absolute atomic E-state index is 5.34. The summed E-state index contributed by atoms with van der Waals surface area (Å²) in [5.74, 6) is 6.95. The van der Waals surface area contributed by atoms with Crippen LogP contribution < -0.4 is 16.2 Å². The molecule has 5 heteroatoms. The number of aromatic nitrogens is 1. The van der Waals surface area contributed by atoms with E-state index < -0.39 is 0 Å². The maximum Gasteiger partial charge on any atom is 0.142 e. The lowest BCUT2D eigenvalue weighted by atomic mass is 10.3. The number of nitrogens with zero attached hydrogens (tertiary/aromatic N) is 2. The number of hydrogen-bond acceptors (Lipinski definition) is 5. The van der Waals surface area contributed by atoms with Crippen molar-refractivity contribution in [3.05, 3.63) is 40.6 Å². The van der Waals surface area contributed by atoms with Gasteiger partial charge in [-0.15, -0.1) is 11.3 Å². The van der Waals surface area contributed by atoms with Gasteiger partial charge in [0, 0.05) is 18.5 Å². The van der Waals surface area contributed by atoms with Crippen LogP contribution in [0.1, 0.15) is 4.88 Å². The van der Waals surface area contributed by atoms with Gasteiger partial charge in [0.25, 0.3) is 0 Å². The van der Waals surface area contributed by atoms with Crippen molar-refractivity contribution in [3.8, 4) is 0 Å². The molecular formula is C12H16N4S. The zero-order valence-electron chi connectivity index (χ0n) is 9.76. The molecule has 2 heterocycles. The van der Waals surface area contributed by atoms with Crippen LogP contribution in [0.15, 0.2) is 35.7 Å². The summed E-state index contributed by atoms with van der Waals surface area (Å²) in [5.41, 5.74) is 2.56. The molecule has 2 rings (SSSR count). The number of rotatable bonds is 5. The summed E-state index contributed by atoms with van der Waals surface area (Å²) in [7, 11) is 2.04. The summed E-state index contributed by atoms with van der Waals surface area (Å²) >= 11 is 1.79. The normalized spacial score (nSPS) is 10.2. The molecule has 4 nitrogen and oxygen atoms in total. The number of hydrogen-bond donors (Lipinski definition) is 2. The van der Waals surface area contributed by atoms with Crippen LogP contribution in [0.2, 0.25) is 0 Å². The van der Waals surface area contributed by atoms with E-state index >= 15 is 0 Å². The lowest BCUT2D eigenvalue weighted by Gasteiger charge is -2.18. The molecule has 0 saturated heterocycles. The van der Waals surface area contributed by atoms with Gasteiger partial charge in [0.2, 0.25) is 0 Å². The number of anilines is 2. The number of pyridine rings is 1. The first-order valence-corrected chi connectivity index (χ1v) is 6.35. The summed E-state index contributed by atoms with van der Waals surface area (Å²) in [6.45, 7) is 0.946. The predicted molar refractivity (Wildman–Crippen MR) is 73.3 cm³/mol. The van der Waals surface area contributed by atoms with Gasteiger partial charge in [-0.3, -0.25) is 0 Å². The second-order valence-corrected chi connectivity index (χ2v) is 4.81.